The number of nitrogens with one attached hydrogen (secondary N) is 1. The van der Waals surface area contributed by atoms with Crippen molar-refractivity contribution < 1.29 is 4.79 Å². The van der Waals surface area contributed by atoms with E-state index >= 15 is 0 Å². The Morgan fingerprint density at radius 1 is 1.29 bits per heavy atom. The van der Waals surface area contributed by atoms with Crippen molar-refractivity contribution >= 4 is 23.5 Å². The molecule has 1 N–H and O–H groups in total. The van der Waals surface area contributed by atoms with Crippen molar-refractivity contribution in [1.82, 2.24) is 30.2 Å². The van der Waals surface area contributed by atoms with Crippen molar-refractivity contribution in [3.05, 3.63) is 18.6 Å². The van der Waals surface area contributed by atoms with E-state index in [0.717, 1.165) is 30.2 Å². The molecule has 1 amide bonds. The van der Waals surface area contributed by atoms with E-state index in [-0.39, 0.29) is 5.91 Å². The van der Waals surface area contributed by atoms with E-state index in [1.54, 1.807) is 24.2 Å². The number of hydrogen-bond acceptors (Lipinski definition) is 7. The Labute approximate surface area is 144 Å². The zero-order valence-corrected chi connectivity index (χ0v) is 14.3. The van der Waals surface area contributed by atoms with Gasteiger partial charge in [-0.25, -0.2) is 9.67 Å². The average molecular weight is 347 g/mol. The van der Waals surface area contributed by atoms with Crippen LogP contribution in [0.25, 0.3) is 0 Å². The standard InChI is InChI=1S/C15H21N7OS/c23-14(18-13-11-16-8-9-17-13)7-4-10-24-15-19-20-21-22(15)12-5-2-1-3-6-12/h8-9,11-12H,1-7,10H2,(H,17,18,23). The summed E-state index contributed by atoms with van der Waals surface area (Å²) in [6.07, 6.45) is 12.0. The molecule has 8 nitrogen and oxygen atoms in total. The van der Waals surface area contributed by atoms with Crippen LogP contribution in [0.2, 0.25) is 0 Å². The van der Waals surface area contributed by atoms with Crippen LogP contribution in [0.5, 0.6) is 0 Å². The second kappa shape index (κ2) is 8.72. The normalized spacial score (nSPS) is 15.3. The average Bonchev–Trinajstić information content (AvgIpc) is 3.09. The van der Waals surface area contributed by atoms with Crippen molar-refractivity contribution in [3.63, 3.8) is 0 Å². The SMILES string of the molecule is O=C(CCCSc1nnnn1C1CCCCC1)Nc1cnccn1. The van der Waals surface area contributed by atoms with Crippen LogP contribution >= 0.6 is 11.8 Å². The third kappa shape index (κ3) is 4.73. The van der Waals surface area contributed by atoms with Gasteiger partial charge in [0.25, 0.3) is 0 Å². The molecule has 1 fully saturated rings. The number of tetrazole rings is 1. The highest BCUT2D eigenvalue weighted by molar-refractivity contribution is 7.99. The molecule has 1 saturated carbocycles. The molecule has 24 heavy (non-hydrogen) atoms. The van der Waals surface area contributed by atoms with Crippen molar-refractivity contribution in [1.29, 1.82) is 0 Å². The van der Waals surface area contributed by atoms with Crippen molar-refractivity contribution in [2.45, 2.75) is 56.1 Å². The summed E-state index contributed by atoms with van der Waals surface area (Å²) in [5, 5.41) is 15.7. The molecule has 0 spiro atoms. The Balaban J connectivity index is 1.40. The lowest BCUT2D eigenvalue weighted by atomic mass is 9.96. The molecule has 2 aromatic heterocycles. The maximum atomic E-state index is 11.9. The molecule has 2 aromatic rings. The lowest BCUT2D eigenvalue weighted by molar-refractivity contribution is -0.116. The highest BCUT2D eigenvalue weighted by Gasteiger charge is 2.20. The summed E-state index contributed by atoms with van der Waals surface area (Å²) in [5.74, 6) is 1.24. The van der Waals surface area contributed by atoms with Gasteiger partial charge in [-0.2, -0.15) is 0 Å². The molecule has 0 bridgehead atoms. The third-order valence-corrected chi connectivity index (χ3v) is 5.01. The summed E-state index contributed by atoms with van der Waals surface area (Å²) >= 11 is 1.61. The van der Waals surface area contributed by atoms with Crippen LogP contribution in [0, 0.1) is 0 Å². The maximum absolute atomic E-state index is 11.9. The van der Waals surface area contributed by atoms with Crippen LogP contribution in [0.15, 0.2) is 23.7 Å². The maximum Gasteiger partial charge on any atom is 0.225 e. The summed E-state index contributed by atoms with van der Waals surface area (Å²) in [6.45, 7) is 0. The van der Waals surface area contributed by atoms with Crippen LogP contribution in [0.1, 0.15) is 51.0 Å². The molecular formula is C15H21N7OS. The largest absolute Gasteiger partial charge is 0.309 e. The highest BCUT2D eigenvalue weighted by Crippen LogP contribution is 2.30. The summed E-state index contributed by atoms with van der Waals surface area (Å²) in [4.78, 5) is 19.8. The Bertz CT molecular complexity index is 642. The van der Waals surface area contributed by atoms with E-state index in [1.807, 2.05) is 4.68 Å². The quantitative estimate of drug-likeness (QED) is 0.607. The fourth-order valence-corrected chi connectivity index (χ4v) is 3.68. The fourth-order valence-electron chi connectivity index (χ4n) is 2.80. The molecule has 1 aliphatic rings. The minimum Gasteiger partial charge on any atom is -0.309 e. The molecule has 3 rings (SSSR count). The first-order valence-corrected chi connectivity index (χ1v) is 9.28. The number of nitrogens with zero attached hydrogens (tertiary/aromatic N) is 6. The van der Waals surface area contributed by atoms with Gasteiger partial charge in [-0.05, 0) is 29.7 Å². The third-order valence-electron chi connectivity index (χ3n) is 3.99. The number of carbonyl (C=O) groups excluding carboxylic acids is 1. The summed E-state index contributed by atoms with van der Waals surface area (Å²) in [7, 11) is 0. The number of carbonyl (C=O) groups is 1. The minimum atomic E-state index is -0.0528. The van der Waals surface area contributed by atoms with E-state index in [1.165, 1.54) is 25.5 Å². The van der Waals surface area contributed by atoms with Crippen LogP contribution in [0.4, 0.5) is 5.82 Å². The van der Waals surface area contributed by atoms with Gasteiger partial charge in [-0.1, -0.05) is 31.0 Å². The van der Waals surface area contributed by atoms with Gasteiger partial charge in [0, 0.05) is 24.6 Å². The van der Waals surface area contributed by atoms with Crippen LogP contribution in [-0.2, 0) is 4.79 Å². The number of hydrogen-bond donors (Lipinski definition) is 1. The Kier molecular flexibility index (Phi) is 6.11. The van der Waals surface area contributed by atoms with Gasteiger partial charge in [-0.15, -0.1) is 5.10 Å². The first-order chi connectivity index (χ1) is 11.8. The van der Waals surface area contributed by atoms with Crippen LogP contribution in [0.3, 0.4) is 0 Å². The topological polar surface area (TPSA) is 98.5 Å². The summed E-state index contributed by atoms with van der Waals surface area (Å²) in [5.41, 5.74) is 0. The number of anilines is 1. The molecule has 0 aliphatic heterocycles. The Hall–Kier alpha value is -2.03. The van der Waals surface area contributed by atoms with E-state index < -0.39 is 0 Å². The molecule has 9 heteroatoms. The summed E-state index contributed by atoms with van der Waals surface area (Å²) in [6, 6.07) is 0.427. The lowest BCUT2D eigenvalue weighted by Crippen LogP contribution is -2.15. The molecule has 2 heterocycles. The second-order valence-corrected chi connectivity index (χ2v) is 6.85. The van der Waals surface area contributed by atoms with Gasteiger partial charge in [0.2, 0.25) is 11.1 Å². The monoisotopic (exact) mass is 347 g/mol. The number of thioether (sulfide) groups is 1. The minimum absolute atomic E-state index is 0.0528. The van der Waals surface area contributed by atoms with Crippen LogP contribution in [-0.4, -0.2) is 41.8 Å². The van der Waals surface area contributed by atoms with Gasteiger partial charge >= 0.3 is 0 Å². The van der Waals surface area contributed by atoms with Gasteiger partial charge in [-0.3, -0.25) is 9.78 Å². The number of aromatic nitrogens is 6. The molecule has 0 saturated heterocycles. The predicted molar refractivity (Wildman–Crippen MR) is 90.6 cm³/mol. The first-order valence-electron chi connectivity index (χ1n) is 8.29. The van der Waals surface area contributed by atoms with Gasteiger partial charge in [0.1, 0.15) is 0 Å². The van der Waals surface area contributed by atoms with Gasteiger partial charge in [0.15, 0.2) is 5.82 Å². The summed E-state index contributed by atoms with van der Waals surface area (Å²) < 4.78 is 1.96. The van der Waals surface area contributed by atoms with Crippen molar-refractivity contribution in [2.24, 2.45) is 0 Å². The van der Waals surface area contributed by atoms with E-state index in [4.69, 9.17) is 0 Å². The molecule has 0 radical (unpaired) electrons. The predicted octanol–water partition coefficient (Wildman–Crippen LogP) is 2.48. The second-order valence-electron chi connectivity index (χ2n) is 5.79. The zero-order chi connectivity index (χ0) is 16.6. The smallest absolute Gasteiger partial charge is 0.225 e. The zero-order valence-electron chi connectivity index (χ0n) is 13.5. The van der Waals surface area contributed by atoms with Crippen molar-refractivity contribution in [2.75, 3.05) is 11.1 Å². The van der Waals surface area contributed by atoms with E-state index in [2.05, 4.69) is 30.8 Å². The molecule has 0 atom stereocenters. The van der Waals surface area contributed by atoms with E-state index in [0.29, 0.717) is 18.3 Å². The fraction of sp³-hybridized carbons (Fsp3) is 0.600. The number of rotatable bonds is 7. The lowest BCUT2D eigenvalue weighted by Gasteiger charge is -2.21. The van der Waals surface area contributed by atoms with Crippen molar-refractivity contribution in [3.8, 4) is 0 Å². The molecule has 0 unspecified atom stereocenters. The van der Waals surface area contributed by atoms with Crippen LogP contribution < -0.4 is 5.32 Å². The molecular weight excluding hydrogens is 326 g/mol. The first kappa shape index (κ1) is 16.8. The molecule has 1 aliphatic carbocycles. The van der Waals surface area contributed by atoms with Gasteiger partial charge < -0.3 is 5.32 Å². The highest BCUT2D eigenvalue weighted by atomic mass is 32.2. The molecule has 128 valence electrons. The Morgan fingerprint density at radius 3 is 2.96 bits per heavy atom. The molecule has 0 aromatic carbocycles. The number of amides is 1. The van der Waals surface area contributed by atoms with E-state index in [9.17, 15) is 4.79 Å². The Morgan fingerprint density at radius 2 is 2.17 bits per heavy atom. The van der Waals surface area contributed by atoms with Gasteiger partial charge in [0.05, 0.1) is 12.2 Å².